The number of rotatable bonds is 6. The number of benzene rings is 1. The average Bonchev–Trinajstić information content (AvgIpc) is 2.91. The summed E-state index contributed by atoms with van der Waals surface area (Å²) in [5.74, 6) is -1.81. The molecule has 0 spiro atoms. The fraction of sp³-hybridized carbons (Fsp3) is 0.500. The zero-order valence-electron chi connectivity index (χ0n) is 11.5. The number of sulfone groups is 1. The Bertz CT molecular complexity index is 579. The first-order chi connectivity index (χ1) is 9.94. The summed E-state index contributed by atoms with van der Waals surface area (Å²) in [7, 11) is -3.57. The lowest BCUT2D eigenvalue weighted by atomic mass is 10.2. The normalized spacial score (nSPS) is 18.6. The summed E-state index contributed by atoms with van der Waals surface area (Å²) in [5.41, 5.74) is 0.461. The Labute approximate surface area is 123 Å². The van der Waals surface area contributed by atoms with Gasteiger partial charge in [-0.05, 0) is 30.5 Å². The van der Waals surface area contributed by atoms with Crippen LogP contribution in [0.3, 0.4) is 0 Å². The zero-order chi connectivity index (χ0) is 15.3. The summed E-state index contributed by atoms with van der Waals surface area (Å²) in [6, 6.07) is 5.19. The minimum atomic E-state index is -3.57. The molecule has 2 rings (SSSR count). The summed E-state index contributed by atoms with van der Waals surface area (Å²) < 4.78 is 41.9. The Hall–Kier alpha value is -1.47. The van der Waals surface area contributed by atoms with Gasteiger partial charge in [0.2, 0.25) is 5.91 Å². The number of amides is 1. The fourth-order valence-corrected chi connectivity index (χ4v) is 3.47. The Morgan fingerprint density at radius 3 is 2.67 bits per heavy atom. The summed E-state index contributed by atoms with van der Waals surface area (Å²) in [4.78, 5) is 11.7. The zero-order valence-corrected chi connectivity index (χ0v) is 12.4. The standard InChI is InChI=1S/C14H18FNO4S/c15-12-5-3-11(4-6-12)9-21(18,19)10-14(17)16-8-13-2-1-7-20-13/h3-6,13H,1-2,7-10H2,(H,16,17)/t13-/m0/s1. The molecule has 21 heavy (non-hydrogen) atoms. The third-order valence-corrected chi connectivity index (χ3v) is 4.68. The summed E-state index contributed by atoms with van der Waals surface area (Å²) in [6.45, 7) is 1.02. The maximum atomic E-state index is 12.8. The maximum absolute atomic E-state index is 12.8. The van der Waals surface area contributed by atoms with Crippen LogP contribution in [0.5, 0.6) is 0 Å². The van der Waals surface area contributed by atoms with Gasteiger partial charge in [0.15, 0.2) is 9.84 Å². The molecular weight excluding hydrogens is 297 g/mol. The fourth-order valence-electron chi connectivity index (χ4n) is 2.17. The van der Waals surface area contributed by atoms with Crippen LogP contribution in [0.2, 0.25) is 0 Å². The molecule has 116 valence electrons. The van der Waals surface area contributed by atoms with Gasteiger partial charge < -0.3 is 10.1 Å². The van der Waals surface area contributed by atoms with E-state index >= 15 is 0 Å². The van der Waals surface area contributed by atoms with Crippen LogP contribution in [0.1, 0.15) is 18.4 Å². The molecule has 1 amide bonds. The van der Waals surface area contributed by atoms with E-state index in [9.17, 15) is 17.6 Å². The smallest absolute Gasteiger partial charge is 0.235 e. The molecule has 1 aliphatic heterocycles. The van der Waals surface area contributed by atoms with Crippen molar-refractivity contribution >= 4 is 15.7 Å². The van der Waals surface area contributed by atoms with Gasteiger partial charge >= 0.3 is 0 Å². The number of hydrogen-bond acceptors (Lipinski definition) is 4. The first-order valence-electron chi connectivity index (χ1n) is 6.78. The predicted molar refractivity (Wildman–Crippen MR) is 75.9 cm³/mol. The van der Waals surface area contributed by atoms with Crippen LogP contribution in [0.15, 0.2) is 24.3 Å². The van der Waals surface area contributed by atoms with E-state index in [0.717, 1.165) is 12.8 Å². The lowest BCUT2D eigenvalue weighted by Gasteiger charge is -2.11. The van der Waals surface area contributed by atoms with Gasteiger partial charge in [-0.25, -0.2) is 12.8 Å². The molecule has 1 saturated heterocycles. The summed E-state index contributed by atoms with van der Waals surface area (Å²) in [6.07, 6.45) is 1.82. The Balaban J connectivity index is 1.82. The molecule has 0 bridgehead atoms. The molecule has 1 aromatic rings. The van der Waals surface area contributed by atoms with Crippen LogP contribution in [0.4, 0.5) is 4.39 Å². The van der Waals surface area contributed by atoms with Crippen molar-refractivity contribution in [2.75, 3.05) is 18.9 Å². The SMILES string of the molecule is O=C(CS(=O)(=O)Cc1ccc(F)cc1)NC[C@@H]1CCCO1. The van der Waals surface area contributed by atoms with Crippen LogP contribution < -0.4 is 5.32 Å². The second-order valence-electron chi connectivity index (χ2n) is 5.10. The Kier molecular flexibility index (Phi) is 5.30. The Morgan fingerprint density at radius 1 is 1.33 bits per heavy atom. The van der Waals surface area contributed by atoms with Gasteiger partial charge in [0.25, 0.3) is 0 Å². The van der Waals surface area contributed by atoms with E-state index in [1.165, 1.54) is 24.3 Å². The minimum Gasteiger partial charge on any atom is -0.376 e. The maximum Gasteiger partial charge on any atom is 0.235 e. The largest absolute Gasteiger partial charge is 0.376 e. The quantitative estimate of drug-likeness (QED) is 0.851. The number of halogens is 1. The topological polar surface area (TPSA) is 72.5 Å². The average molecular weight is 315 g/mol. The van der Waals surface area contributed by atoms with Crippen molar-refractivity contribution in [2.45, 2.75) is 24.7 Å². The number of nitrogens with one attached hydrogen (secondary N) is 1. The number of ether oxygens (including phenoxy) is 1. The van der Waals surface area contributed by atoms with E-state index in [-0.39, 0.29) is 11.9 Å². The predicted octanol–water partition coefficient (Wildman–Crippen LogP) is 1.04. The van der Waals surface area contributed by atoms with Gasteiger partial charge in [-0.1, -0.05) is 12.1 Å². The second-order valence-corrected chi connectivity index (χ2v) is 7.16. The summed E-state index contributed by atoms with van der Waals surface area (Å²) >= 11 is 0. The summed E-state index contributed by atoms with van der Waals surface area (Å²) in [5, 5.41) is 2.57. The number of hydrogen-bond donors (Lipinski definition) is 1. The minimum absolute atomic E-state index is 0.0197. The van der Waals surface area contributed by atoms with Gasteiger partial charge in [-0.2, -0.15) is 0 Å². The third kappa shape index (κ3) is 5.43. The Morgan fingerprint density at radius 2 is 2.05 bits per heavy atom. The molecule has 0 aromatic heterocycles. The van der Waals surface area contributed by atoms with Gasteiger partial charge in [0.05, 0.1) is 11.9 Å². The van der Waals surface area contributed by atoms with Gasteiger partial charge in [0, 0.05) is 13.2 Å². The van der Waals surface area contributed by atoms with E-state index in [1.54, 1.807) is 0 Å². The van der Waals surface area contributed by atoms with E-state index < -0.39 is 27.3 Å². The highest BCUT2D eigenvalue weighted by atomic mass is 32.2. The van der Waals surface area contributed by atoms with Gasteiger partial charge in [0.1, 0.15) is 11.6 Å². The molecular formula is C14H18FNO4S. The molecule has 0 unspecified atom stereocenters. The third-order valence-electron chi connectivity index (χ3n) is 3.20. The highest BCUT2D eigenvalue weighted by Crippen LogP contribution is 2.11. The van der Waals surface area contributed by atoms with Crippen molar-refractivity contribution in [3.63, 3.8) is 0 Å². The van der Waals surface area contributed by atoms with Crippen LogP contribution in [-0.4, -0.2) is 39.3 Å². The lowest BCUT2D eigenvalue weighted by molar-refractivity contribution is -0.119. The molecule has 7 heteroatoms. The van der Waals surface area contributed by atoms with Crippen LogP contribution in [0.25, 0.3) is 0 Å². The molecule has 1 fully saturated rings. The molecule has 1 aromatic carbocycles. The molecule has 1 atom stereocenters. The molecule has 0 saturated carbocycles. The van der Waals surface area contributed by atoms with E-state index in [1.807, 2.05) is 0 Å². The van der Waals surface area contributed by atoms with E-state index in [0.29, 0.717) is 18.7 Å². The first-order valence-corrected chi connectivity index (χ1v) is 8.60. The number of carbonyl (C=O) groups excluding carboxylic acids is 1. The molecule has 5 nitrogen and oxygen atoms in total. The van der Waals surface area contributed by atoms with Crippen molar-refractivity contribution < 1.29 is 22.3 Å². The highest BCUT2D eigenvalue weighted by Gasteiger charge is 2.20. The molecule has 0 aliphatic carbocycles. The molecule has 0 radical (unpaired) electrons. The van der Waals surface area contributed by atoms with Gasteiger partial charge in [-0.15, -0.1) is 0 Å². The van der Waals surface area contributed by atoms with Crippen molar-refractivity contribution in [3.8, 4) is 0 Å². The number of carbonyl (C=O) groups is 1. The lowest BCUT2D eigenvalue weighted by Crippen LogP contribution is -2.36. The molecule has 1 heterocycles. The molecule has 1 aliphatic rings. The van der Waals surface area contributed by atoms with Crippen LogP contribution >= 0.6 is 0 Å². The van der Waals surface area contributed by atoms with Crippen molar-refractivity contribution in [1.29, 1.82) is 0 Å². The molecule has 1 N–H and O–H groups in total. The van der Waals surface area contributed by atoms with Crippen molar-refractivity contribution in [2.24, 2.45) is 0 Å². The van der Waals surface area contributed by atoms with Crippen molar-refractivity contribution in [1.82, 2.24) is 5.32 Å². The van der Waals surface area contributed by atoms with Crippen molar-refractivity contribution in [3.05, 3.63) is 35.6 Å². The first kappa shape index (κ1) is 15.9. The van der Waals surface area contributed by atoms with Crippen LogP contribution in [-0.2, 0) is 25.1 Å². The monoisotopic (exact) mass is 315 g/mol. The highest BCUT2D eigenvalue weighted by molar-refractivity contribution is 7.91. The van der Waals surface area contributed by atoms with E-state index in [2.05, 4.69) is 5.32 Å². The van der Waals surface area contributed by atoms with Crippen LogP contribution in [0, 0.1) is 5.82 Å². The van der Waals surface area contributed by atoms with E-state index in [4.69, 9.17) is 4.74 Å². The second kappa shape index (κ2) is 7.00. The van der Waals surface area contributed by atoms with Gasteiger partial charge in [-0.3, -0.25) is 4.79 Å².